The summed E-state index contributed by atoms with van der Waals surface area (Å²) in [6.45, 7) is 15.3. The number of H-pyrrole nitrogens is 2. The van der Waals surface area contributed by atoms with Crippen LogP contribution >= 0.6 is 11.8 Å². The highest BCUT2D eigenvalue weighted by atomic mass is 32.2. The number of nitrogens with zero attached hydrogens (tertiary/aromatic N) is 5. The lowest BCUT2D eigenvalue weighted by Crippen LogP contribution is -2.61. The molecule has 0 radical (unpaired) electrons. The number of aromatic nitrogens is 2. The largest absolute Gasteiger partial charge is 0.508 e. The Labute approximate surface area is 819 Å². The summed E-state index contributed by atoms with van der Waals surface area (Å²) < 4.78 is 5.29. The summed E-state index contributed by atoms with van der Waals surface area (Å²) in [5.41, 5.74) is 14.1. The van der Waals surface area contributed by atoms with Crippen molar-refractivity contribution in [3.63, 3.8) is 0 Å². The van der Waals surface area contributed by atoms with Gasteiger partial charge in [-0.2, -0.15) is 0 Å². The van der Waals surface area contributed by atoms with Crippen molar-refractivity contribution in [1.82, 2.24) is 98.3 Å². The smallest absolute Gasteiger partial charge is 0.407 e. The standard InChI is InChI=1S/C97H143N21O21S/c1-14-16-30-75-88(130)108-67(40-55(3)4)86(128)113-74(85(127)104-50-80(122)100-37-23-18-24-38-101-96(138)139-97(8,9)10)53-140-54-82(124)107-70(42-58-33-35-61(119)36-34-58)91(133)114(11)57(7)83(125)110-72(46-79(99)121)93(135)117-39-25-32-76(117)89(131)112-73(47-98)87(129)111-69(41-56(5)6)94(136)118-52-62(120)45-78(118)90(132)109-68(43-59-48-102-65-28-21-19-26-63(59)65)84(126)105-51-81(123)106-71(44-60-49-103-66-29-22-20-27-64(60)66)92(134)116(13)77(31-17-15-2)95(137)115(75)12/h19-22,26-29,33-36,48-49,55-57,62,67-78,102-103,119-120H,14-18,23-25,30-32,37-47,50-54,98H2,1-13H3,(H2,99,121)(H,100,122)(H,101,138)(H,104,127)(H,105,126)(H,106,123)(H,107,124)(H,108,130)(H,109,132)(H,110,125)(H,111,129)(H,112,131)(H,113,128)/t57-,62+,67-,68-,69-,70-,71?,72-,73-,74-,75-,76-,77-,78-/m0/s1. The van der Waals surface area contributed by atoms with Crippen molar-refractivity contribution in [1.29, 1.82) is 0 Å². The lowest BCUT2D eigenvalue weighted by molar-refractivity contribution is -0.149. The normalized spacial score (nSPS) is 23.9. The van der Waals surface area contributed by atoms with E-state index in [2.05, 4.69) is 73.8 Å². The van der Waals surface area contributed by atoms with Crippen LogP contribution in [0.2, 0.25) is 0 Å². The predicted octanol–water partition coefficient (Wildman–Crippen LogP) is 0.812. The topological polar surface area (TPSA) is 601 Å². The fourth-order valence-corrected chi connectivity index (χ4v) is 18.0. The third-order valence-corrected chi connectivity index (χ3v) is 25.8. The number of fused-ring (bicyclic) bond motifs is 4. The summed E-state index contributed by atoms with van der Waals surface area (Å²) in [7, 11) is 4.03. The molecule has 5 heterocycles. The van der Waals surface area contributed by atoms with Gasteiger partial charge >= 0.3 is 6.09 Å². The molecule has 1 unspecified atom stereocenters. The van der Waals surface area contributed by atoms with Crippen molar-refractivity contribution in [3.8, 4) is 5.75 Å². The number of phenols is 1. The molecular weight excluding hydrogens is 1830 g/mol. The van der Waals surface area contributed by atoms with Crippen LogP contribution in [0.1, 0.15) is 182 Å². The van der Waals surface area contributed by atoms with Gasteiger partial charge in [0.15, 0.2) is 0 Å². The molecule has 3 aromatic carbocycles. The van der Waals surface area contributed by atoms with Gasteiger partial charge in [-0.15, -0.1) is 11.8 Å². The summed E-state index contributed by atoms with van der Waals surface area (Å²) in [6.07, 6.45) is 3.21. The van der Waals surface area contributed by atoms with E-state index in [1.165, 1.54) is 62.1 Å². The van der Waals surface area contributed by atoms with Gasteiger partial charge in [0, 0.05) is 120 Å². The van der Waals surface area contributed by atoms with Crippen LogP contribution in [0.5, 0.6) is 5.75 Å². The van der Waals surface area contributed by atoms with Gasteiger partial charge in [0.25, 0.3) is 0 Å². The number of unbranched alkanes of at least 4 members (excludes halogenated alkanes) is 4. The maximum absolute atomic E-state index is 15.7. The van der Waals surface area contributed by atoms with E-state index in [9.17, 15) is 63.0 Å². The van der Waals surface area contributed by atoms with E-state index >= 15 is 33.6 Å². The number of carbonyl (C=O) groups is 18. The number of hydrogen-bond donors (Lipinski definition) is 18. The van der Waals surface area contributed by atoms with Gasteiger partial charge in [-0.25, -0.2) is 4.79 Å². The van der Waals surface area contributed by atoms with E-state index in [1.807, 2.05) is 26.0 Å². The predicted molar refractivity (Wildman–Crippen MR) is 523 cm³/mol. The van der Waals surface area contributed by atoms with Crippen molar-refractivity contribution in [2.45, 2.75) is 275 Å². The van der Waals surface area contributed by atoms with E-state index in [1.54, 1.807) is 97.3 Å². The number of amides is 18. The number of carbonyl (C=O) groups excluding carboxylic acids is 18. The van der Waals surface area contributed by atoms with E-state index in [4.69, 9.17) is 16.2 Å². The van der Waals surface area contributed by atoms with E-state index in [0.717, 1.165) is 26.5 Å². The Balaban J connectivity index is 1.15. The molecule has 0 aliphatic carbocycles. The Kier molecular flexibility index (Phi) is 43.4. The first-order valence-electron chi connectivity index (χ1n) is 48.1. The van der Waals surface area contributed by atoms with E-state index in [0.29, 0.717) is 90.0 Å². The van der Waals surface area contributed by atoms with Crippen LogP contribution in [0, 0.1) is 11.8 Å². The van der Waals surface area contributed by atoms with Gasteiger partial charge in [0.05, 0.1) is 31.4 Å². The van der Waals surface area contributed by atoms with Crippen LogP contribution in [-0.2, 0) is 106 Å². The quantitative estimate of drug-likeness (QED) is 0.0308. The maximum atomic E-state index is 15.7. The first-order valence-corrected chi connectivity index (χ1v) is 49.3. The molecular formula is C97H143N21O21S. The molecule has 20 N–H and O–H groups in total. The number of rotatable bonds is 28. The van der Waals surface area contributed by atoms with Crippen molar-refractivity contribution in [2.24, 2.45) is 23.3 Å². The summed E-state index contributed by atoms with van der Waals surface area (Å²) in [4.78, 5) is 275. The van der Waals surface area contributed by atoms with Crippen molar-refractivity contribution < 1.29 is 101 Å². The second-order valence-electron chi connectivity index (χ2n) is 38.0. The Morgan fingerprint density at radius 2 is 1.07 bits per heavy atom. The zero-order valence-corrected chi connectivity index (χ0v) is 83.2. The summed E-state index contributed by atoms with van der Waals surface area (Å²) in [5.74, 6) is -16.5. The number of primary amides is 1. The number of ether oxygens (including phenoxy) is 1. The van der Waals surface area contributed by atoms with Crippen LogP contribution in [0.15, 0.2) is 85.2 Å². The number of nitrogens with two attached hydrogens (primary N) is 2. The van der Waals surface area contributed by atoms with Crippen LogP contribution in [0.4, 0.5) is 4.79 Å². The highest BCUT2D eigenvalue weighted by Gasteiger charge is 2.47. The SMILES string of the molecule is CCCC[C@H]1C(=O)N(C)[C@@H](CCCC)C(=O)N[C@@H](CC(C)C)C(=O)N[C@H](C(=O)NCC(=O)NCCCCCNC(=O)OC(C)(C)C)CSCC(=O)N[C@@H](Cc2ccc(O)cc2)C(=O)N(C)[C@@H](C)C(=O)N[C@@H](CC(N)=O)C(=O)N2CCC[C@H]2C(=O)N[C@@H](CN)C(=O)N[C@@H](CC(C)C)C(=O)N2C[C@H](O)C[C@H]2C(=O)N[C@@H](Cc2c[nH]c3ccccc23)C(=O)NCC(=O)NC(Cc2c[nH]c3ccccc23)C(=O)N1C. The molecule has 18 amide bonds. The van der Waals surface area contributed by atoms with Crippen molar-refractivity contribution >= 4 is 140 Å². The minimum atomic E-state index is -1.76. The van der Waals surface area contributed by atoms with Crippen LogP contribution in [0.25, 0.3) is 21.8 Å². The molecule has 2 aromatic heterocycles. The molecule has 42 nitrogen and oxygen atoms in total. The summed E-state index contributed by atoms with van der Waals surface area (Å²) >= 11 is 0.813. The minimum Gasteiger partial charge on any atom is -0.508 e. The molecule has 5 aromatic rings. The number of aliphatic hydroxyl groups excluding tert-OH is 1. The Bertz CT molecular complexity index is 5160. The number of alkyl carbamates (subject to hydrolysis) is 1. The number of phenolic OH excluding ortho intramolecular Hbond substituents is 1. The molecule has 3 fully saturated rings. The summed E-state index contributed by atoms with van der Waals surface area (Å²) in [5, 5.41) is 55.3. The number of nitrogens with one attached hydrogen (secondary N) is 14. The lowest BCUT2D eigenvalue weighted by Gasteiger charge is -2.36. The molecule has 3 aliphatic rings. The van der Waals surface area contributed by atoms with Gasteiger partial charge in [-0.3, -0.25) is 81.5 Å². The number of aliphatic hydroxyl groups is 1. The molecule has 768 valence electrons. The lowest BCUT2D eigenvalue weighted by atomic mass is 9.99. The highest BCUT2D eigenvalue weighted by molar-refractivity contribution is 8.00. The van der Waals surface area contributed by atoms with Gasteiger partial charge in [-0.1, -0.05) is 116 Å². The molecule has 8 rings (SSSR count). The van der Waals surface area contributed by atoms with E-state index in [-0.39, 0.29) is 94.9 Å². The Morgan fingerprint density at radius 1 is 0.543 bits per heavy atom. The molecule has 0 bridgehead atoms. The van der Waals surface area contributed by atoms with Crippen molar-refractivity contribution in [2.75, 3.05) is 78.5 Å². The fraction of sp³-hybridized carbons (Fsp3) is 0.588. The highest BCUT2D eigenvalue weighted by Crippen LogP contribution is 2.28. The minimum absolute atomic E-state index is 0.00580. The second kappa shape index (κ2) is 54.0. The number of hydrogen-bond acceptors (Lipinski definition) is 23. The first kappa shape index (κ1) is 112. The van der Waals surface area contributed by atoms with Crippen LogP contribution in [-0.4, -0.2) is 320 Å². The number of aromatic hydroxyl groups is 1. The zero-order chi connectivity index (χ0) is 103. The van der Waals surface area contributed by atoms with Crippen LogP contribution in [0.3, 0.4) is 0 Å². The molecule has 14 atom stereocenters. The monoisotopic (exact) mass is 1970 g/mol. The Morgan fingerprint density at radius 3 is 1.68 bits per heavy atom. The third kappa shape index (κ3) is 33.4. The number of thioether (sulfide) groups is 1. The number of para-hydroxylation sites is 2. The van der Waals surface area contributed by atoms with Crippen molar-refractivity contribution in [3.05, 3.63) is 102 Å². The fourth-order valence-electron chi connectivity index (χ4n) is 17.1. The molecule has 3 aliphatic heterocycles. The number of likely N-dealkylation sites (N-methyl/N-ethyl adjacent to an activating group) is 3. The summed E-state index contributed by atoms with van der Waals surface area (Å²) in [6, 6.07) is 0.712. The van der Waals surface area contributed by atoms with Gasteiger partial charge in [0.1, 0.15) is 89.9 Å². The van der Waals surface area contributed by atoms with Crippen LogP contribution < -0.4 is 75.3 Å². The van der Waals surface area contributed by atoms with Gasteiger partial charge in [0.2, 0.25) is 100 Å². The van der Waals surface area contributed by atoms with Gasteiger partial charge < -0.3 is 125 Å². The average Bonchev–Trinajstić information content (AvgIpc) is 1.65. The Hall–Kier alpha value is -12.9. The second-order valence-corrected chi connectivity index (χ2v) is 39.0. The number of benzene rings is 3. The molecule has 3 saturated heterocycles. The number of aromatic amines is 2. The molecule has 0 saturated carbocycles. The first-order chi connectivity index (χ1) is 66.4. The molecule has 140 heavy (non-hydrogen) atoms. The van der Waals surface area contributed by atoms with Gasteiger partial charge in [-0.05, 0) is 138 Å². The average molecular weight is 1970 g/mol. The maximum Gasteiger partial charge on any atom is 0.407 e. The molecule has 0 spiro atoms. The third-order valence-electron chi connectivity index (χ3n) is 24.8. The molecule has 43 heteroatoms. The zero-order valence-electron chi connectivity index (χ0n) is 82.4. The van der Waals surface area contributed by atoms with E-state index < -0.39 is 241 Å².